The first-order valence-electron chi connectivity index (χ1n) is 7.85. The average molecular weight is 358 g/mol. The van der Waals surface area contributed by atoms with E-state index in [1.807, 2.05) is 38.1 Å². The zero-order valence-electron chi connectivity index (χ0n) is 14.7. The van der Waals surface area contributed by atoms with Crippen molar-refractivity contribution in [2.24, 2.45) is 5.73 Å². The number of nitrogens with one attached hydrogen (secondary N) is 1. The number of ether oxygens (including phenoxy) is 1. The summed E-state index contributed by atoms with van der Waals surface area (Å²) in [6.07, 6.45) is 0.157. The first-order chi connectivity index (χ1) is 10.9. The lowest BCUT2D eigenvalue weighted by atomic mass is 10.0. The van der Waals surface area contributed by atoms with Crippen molar-refractivity contribution in [1.82, 2.24) is 10.2 Å². The number of nitrogens with two attached hydrogens (primary N) is 1. The molecule has 1 aromatic carbocycles. The van der Waals surface area contributed by atoms with E-state index in [9.17, 15) is 9.59 Å². The number of benzene rings is 1. The van der Waals surface area contributed by atoms with Crippen LogP contribution in [0.4, 0.5) is 0 Å². The molecule has 0 heterocycles. The van der Waals surface area contributed by atoms with Gasteiger partial charge in [0.15, 0.2) is 0 Å². The van der Waals surface area contributed by atoms with Gasteiger partial charge in [0, 0.05) is 32.1 Å². The highest BCUT2D eigenvalue weighted by Crippen LogP contribution is 2.28. The summed E-state index contributed by atoms with van der Waals surface area (Å²) in [7, 11) is 1.72. The van der Waals surface area contributed by atoms with Crippen LogP contribution in [0, 0.1) is 0 Å². The zero-order valence-corrected chi connectivity index (χ0v) is 15.6. The molecular weight excluding hydrogens is 330 g/mol. The Labute approximate surface area is 150 Å². The largest absolute Gasteiger partial charge is 0.494 e. The normalized spacial score (nSPS) is 12.5. The summed E-state index contributed by atoms with van der Waals surface area (Å²) in [6, 6.07) is 6.95. The van der Waals surface area contributed by atoms with Gasteiger partial charge < -0.3 is 20.7 Å². The van der Waals surface area contributed by atoms with E-state index in [1.54, 1.807) is 11.9 Å². The van der Waals surface area contributed by atoms with Gasteiger partial charge >= 0.3 is 0 Å². The first kappa shape index (κ1) is 22.2. The topological polar surface area (TPSA) is 84.7 Å². The predicted molar refractivity (Wildman–Crippen MR) is 97.3 cm³/mol. The molecule has 3 N–H and O–H groups in total. The van der Waals surface area contributed by atoms with Crippen LogP contribution >= 0.6 is 12.4 Å². The van der Waals surface area contributed by atoms with Crippen LogP contribution in [0.15, 0.2) is 24.3 Å². The summed E-state index contributed by atoms with van der Waals surface area (Å²) >= 11 is 0. The summed E-state index contributed by atoms with van der Waals surface area (Å²) in [5.74, 6) is 0.410. The molecule has 0 aliphatic carbocycles. The number of amides is 2. The van der Waals surface area contributed by atoms with E-state index >= 15 is 0 Å². The molecule has 136 valence electrons. The number of carbonyl (C=O) groups excluding carboxylic acids is 2. The Hall–Kier alpha value is -1.79. The van der Waals surface area contributed by atoms with Crippen molar-refractivity contribution in [2.75, 3.05) is 20.2 Å². The lowest BCUT2D eigenvalue weighted by Crippen LogP contribution is -2.41. The SMILES string of the molecule is CCOc1ccccc1C(CC(=O)N(C)C(C)CN)NC(C)=O.Cl. The van der Waals surface area contributed by atoms with Crippen LogP contribution in [0.2, 0.25) is 0 Å². The second-order valence-corrected chi connectivity index (χ2v) is 5.52. The average Bonchev–Trinajstić information content (AvgIpc) is 2.53. The highest BCUT2D eigenvalue weighted by atomic mass is 35.5. The smallest absolute Gasteiger partial charge is 0.225 e. The van der Waals surface area contributed by atoms with Gasteiger partial charge in [-0.2, -0.15) is 0 Å². The van der Waals surface area contributed by atoms with Gasteiger partial charge in [0.1, 0.15) is 5.75 Å². The van der Waals surface area contributed by atoms with Gasteiger partial charge in [0.05, 0.1) is 19.1 Å². The third-order valence-electron chi connectivity index (χ3n) is 3.75. The predicted octanol–water partition coefficient (Wildman–Crippen LogP) is 1.88. The quantitative estimate of drug-likeness (QED) is 0.744. The minimum absolute atomic E-state index is 0. The van der Waals surface area contributed by atoms with Crippen LogP contribution < -0.4 is 15.8 Å². The number of hydrogen-bond acceptors (Lipinski definition) is 4. The van der Waals surface area contributed by atoms with E-state index in [0.717, 1.165) is 5.56 Å². The first-order valence-corrected chi connectivity index (χ1v) is 7.85. The van der Waals surface area contributed by atoms with Crippen molar-refractivity contribution in [3.05, 3.63) is 29.8 Å². The third kappa shape index (κ3) is 6.37. The molecule has 2 atom stereocenters. The number of halogens is 1. The van der Waals surface area contributed by atoms with Gasteiger partial charge in [-0.05, 0) is 19.9 Å². The maximum absolute atomic E-state index is 12.5. The fourth-order valence-corrected chi connectivity index (χ4v) is 2.26. The van der Waals surface area contributed by atoms with Crippen molar-refractivity contribution >= 4 is 24.2 Å². The standard InChI is InChI=1S/C17H27N3O3.ClH/c1-5-23-16-9-7-6-8-14(16)15(19-13(3)21)10-17(22)20(4)12(2)11-18;/h6-9,12,15H,5,10-11,18H2,1-4H3,(H,19,21);1H. The molecule has 2 unspecified atom stereocenters. The molecule has 0 aliphatic heterocycles. The fourth-order valence-electron chi connectivity index (χ4n) is 2.26. The maximum Gasteiger partial charge on any atom is 0.225 e. The summed E-state index contributed by atoms with van der Waals surface area (Å²) in [6.45, 7) is 6.13. The van der Waals surface area contributed by atoms with Crippen molar-refractivity contribution in [1.29, 1.82) is 0 Å². The second-order valence-electron chi connectivity index (χ2n) is 5.52. The molecular formula is C17H28ClN3O3. The van der Waals surface area contributed by atoms with Gasteiger partial charge in [-0.1, -0.05) is 18.2 Å². The molecule has 0 aromatic heterocycles. The van der Waals surface area contributed by atoms with Crippen LogP contribution in [-0.4, -0.2) is 43.0 Å². The molecule has 0 radical (unpaired) electrons. The molecule has 0 spiro atoms. The summed E-state index contributed by atoms with van der Waals surface area (Å²) in [5, 5.41) is 2.84. The minimum atomic E-state index is -0.435. The third-order valence-corrected chi connectivity index (χ3v) is 3.75. The van der Waals surface area contributed by atoms with E-state index in [0.29, 0.717) is 18.9 Å². The molecule has 6 nitrogen and oxygen atoms in total. The van der Waals surface area contributed by atoms with E-state index in [2.05, 4.69) is 5.32 Å². The fraction of sp³-hybridized carbons (Fsp3) is 0.529. The Bertz CT molecular complexity index is 540. The van der Waals surface area contributed by atoms with E-state index in [4.69, 9.17) is 10.5 Å². The molecule has 2 amide bonds. The highest BCUT2D eigenvalue weighted by molar-refractivity contribution is 5.85. The molecule has 1 rings (SSSR count). The molecule has 1 aromatic rings. The summed E-state index contributed by atoms with van der Waals surface area (Å²) in [5.41, 5.74) is 6.41. The van der Waals surface area contributed by atoms with E-state index in [1.165, 1.54) is 6.92 Å². The lowest BCUT2D eigenvalue weighted by Gasteiger charge is -2.27. The Kier molecular flexibility index (Phi) is 10.1. The Morgan fingerprint density at radius 1 is 1.33 bits per heavy atom. The van der Waals surface area contributed by atoms with Crippen molar-refractivity contribution < 1.29 is 14.3 Å². The van der Waals surface area contributed by atoms with Crippen LogP contribution in [-0.2, 0) is 9.59 Å². The molecule has 0 bridgehead atoms. The van der Waals surface area contributed by atoms with Crippen LogP contribution in [0.25, 0.3) is 0 Å². The van der Waals surface area contributed by atoms with Gasteiger partial charge in [0.25, 0.3) is 0 Å². The van der Waals surface area contributed by atoms with Crippen LogP contribution in [0.1, 0.15) is 38.8 Å². The Balaban J connectivity index is 0.00000529. The van der Waals surface area contributed by atoms with E-state index < -0.39 is 6.04 Å². The van der Waals surface area contributed by atoms with Crippen LogP contribution in [0.3, 0.4) is 0 Å². The molecule has 0 saturated heterocycles. The maximum atomic E-state index is 12.5. The summed E-state index contributed by atoms with van der Waals surface area (Å²) in [4.78, 5) is 25.6. The van der Waals surface area contributed by atoms with Gasteiger partial charge in [0.2, 0.25) is 11.8 Å². The monoisotopic (exact) mass is 357 g/mol. The van der Waals surface area contributed by atoms with Gasteiger partial charge in [-0.15, -0.1) is 12.4 Å². The highest BCUT2D eigenvalue weighted by Gasteiger charge is 2.23. The van der Waals surface area contributed by atoms with Crippen LogP contribution in [0.5, 0.6) is 5.75 Å². The van der Waals surface area contributed by atoms with Crippen molar-refractivity contribution in [2.45, 2.75) is 39.3 Å². The number of rotatable bonds is 8. The lowest BCUT2D eigenvalue weighted by molar-refractivity contribution is -0.132. The summed E-state index contributed by atoms with van der Waals surface area (Å²) < 4.78 is 5.61. The van der Waals surface area contributed by atoms with E-state index in [-0.39, 0.29) is 36.7 Å². The van der Waals surface area contributed by atoms with Crippen molar-refractivity contribution in [3.8, 4) is 5.75 Å². The number of para-hydroxylation sites is 1. The van der Waals surface area contributed by atoms with Gasteiger partial charge in [-0.25, -0.2) is 0 Å². The number of hydrogen-bond donors (Lipinski definition) is 2. The molecule has 24 heavy (non-hydrogen) atoms. The minimum Gasteiger partial charge on any atom is -0.494 e. The van der Waals surface area contributed by atoms with Crippen molar-refractivity contribution in [3.63, 3.8) is 0 Å². The molecule has 0 saturated carbocycles. The number of carbonyl (C=O) groups is 2. The number of nitrogens with zero attached hydrogens (tertiary/aromatic N) is 1. The molecule has 0 aliphatic rings. The van der Waals surface area contributed by atoms with Gasteiger partial charge in [-0.3, -0.25) is 9.59 Å². The molecule has 0 fully saturated rings. The zero-order chi connectivity index (χ0) is 17.4. The Morgan fingerprint density at radius 3 is 2.50 bits per heavy atom. The second kappa shape index (κ2) is 10.9. The number of likely N-dealkylation sites (N-methyl/N-ethyl adjacent to an activating group) is 1. The Morgan fingerprint density at radius 2 is 1.96 bits per heavy atom. The molecule has 7 heteroatoms.